The standard InChI is InChI=1S/C24H22FNO4/c1-17(18-12-14-21(25)15-13-18)26-22(27)16-30-23(28)24(29,19-8-4-2-5-9-19)20-10-6-3-7-11-20/h2-15,17,29H,16H2,1H3,(H,26,27)/t17-/m1/s1. The quantitative estimate of drug-likeness (QED) is 0.588. The van der Waals surface area contributed by atoms with Crippen molar-refractivity contribution in [3.8, 4) is 0 Å². The number of benzene rings is 3. The average Bonchev–Trinajstić information content (AvgIpc) is 2.78. The van der Waals surface area contributed by atoms with Crippen molar-refractivity contribution in [3.63, 3.8) is 0 Å². The molecule has 0 unspecified atom stereocenters. The average molecular weight is 407 g/mol. The van der Waals surface area contributed by atoms with Gasteiger partial charge in [-0.15, -0.1) is 0 Å². The first-order chi connectivity index (χ1) is 14.4. The molecular weight excluding hydrogens is 385 g/mol. The van der Waals surface area contributed by atoms with Gasteiger partial charge >= 0.3 is 5.97 Å². The van der Waals surface area contributed by atoms with Crippen LogP contribution in [0.3, 0.4) is 0 Å². The van der Waals surface area contributed by atoms with Gasteiger partial charge in [0.15, 0.2) is 6.61 Å². The van der Waals surface area contributed by atoms with Gasteiger partial charge in [-0.3, -0.25) is 4.79 Å². The zero-order valence-electron chi connectivity index (χ0n) is 16.4. The number of ether oxygens (including phenoxy) is 1. The van der Waals surface area contributed by atoms with Gasteiger partial charge in [-0.05, 0) is 35.7 Å². The van der Waals surface area contributed by atoms with Crippen molar-refractivity contribution in [1.29, 1.82) is 0 Å². The summed E-state index contributed by atoms with van der Waals surface area (Å²) in [7, 11) is 0. The van der Waals surface area contributed by atoms with Crippen LogP contribution in [0.1, 0.15) is 29.7 Å². The van der Waals surface area contributed by atoms with E-state index in [1.165, 1.54) is 12.1 Å². The number of rotatable bonds is 7. The third-order valence-electron chi connectivity index (χ3n) is 4.76. The summed E-state index contributed by atoms with van der Waals surface area (Å²) in [5.41, 5.74) is -0.672. The highest BCUT2D eigenvalue weighted by Crippen LogP contribution is 2.31. The van der Waals surface area contributed by atoms with E-state index < -0.39 is 30.1 Å². The first kappa shape index (κ1) is 21.2. The molecule has 154 valence electrons. The van der Waals surface area contributed by atoms with Gasteiger partial charge in [0.05, 0.1) is 6.04 Å². The minimum Gasteiger partial charge on any atom is -0.453 e. The van der Waals surface area contributed by atoms with Crippen molar-refractivity contribution in [2.45, 2.75) is 18.6 Å². The van der Waals surface area contributed by atoms with Crippen molar-refractivity contribution in [2.75, 3.05) is 6.61 Å². The summed E-state index contributed by atoms with van der Waals surface area (Å²) in [5, 5.41) is 14.0. The monoisotopic (exact) mass is 407 g/mol. The van der Waals surface area contributed by atoms with Gasteiger partial charge in [0.25, 0.3) is 5.91 Å². The Balaban J connectivity index is 1.70. The van der Waals surface area contributed by atoms with Gasteiger partial charge in [0.1, 0.15) is 5.82 Å². The summed E-state index contributed by atoms with van der Waals surface area (Å²) in [5.74, 6) is -1.86. The lowest BCUT2D eigenvalue weighted by Gasteiger charge is -2.27. The Morgan fingerprint density at radius 2 is 1.43 bits per heavy atom. The van der Waals surface area contributed by atoms with Crippen LogP contribution in [0.15, 0.2) is 84.9 Å². The molecule has 0 saturated heterocycles. The predicted octanol–water partition coefficient (Wildman–Crippen LogP) is 3.48. The number of aliphatic hydroxyl groups is 1. The van der Waals surface area contributed by atoms with Crippen molar-refractivity contribution in [1.82, 2.24) is 5.32 Å². The fourth-order valence-electron chi connectivity index (χ4n) is 3.11. The Kier molecular flexibility index (Phi) is 6.59. The van der Waals surface area contributed by atoms with Gasteiger partial charge in [-0.2, -0.15) is 0 Å². The van der Waals surface area contributed by atoms with Crippen LogP contribution in [-0.4, -0.2) is 23.6 Å². The molecule has 0 aliphatic heterocycles. The molecule has 30 heavy (non-hydrogen) atoms. The molecule has 0 aliphatic carbocycles. The van der Waals surface area contributed by atoms with Gasteiger partial charge in [-0.1, -0.05) is 72.8 Å². The van der Waals surface area contributed by atoms with E-state index in [1.807, 2.05) is 0 Å². The number of hydrogen-bond acceptors (Lipinski definition) is 4. The van der Waals surface area contributed by atoms with Crippen molar-refractivity contribution in [3.05, 3.63) is 107 Å². The maximum Gasteiger partial charge on any atom is 0.348 e. The van der Waals surface area contributed by atoms with Gasteiger partial charge in [-0.25, -0.2) is 9.18 Å². The van der Waals surface area contributed by atoms with E-state index in [9.17, 15) is 19.1 Å². The fraction of sp³-hybridized carbons (Fsp3) is 0.167. The van der Waals surface area contributed by atoms with Gasteiger partial charge in [0.2, 0.25) is 5.60 Å². The highest BCUT2D eigenvalue weighted by atomic mass is 19.1. The molecule has 0 radical (unpaired) electrons. The number of nitrogens with one attached hydrogen (secondary N) is 1. The van der Waals surface area contributed by atoms with Crippen LogP contribution in [0.25, 0.3) is 0 Å². The Labute approximate surface area is 174 Å². The summed E-state index contributed by atoms with van der Waals surface area (Å²) in [6.07, 6.45) is 0. The molecule has 5 nitrogen and oxygen atoms in total. The molecule has 3 aromatic rings. The summed E-state index contributed by atoms with van der Waals surface area (Å²) < 4.78 is 18.2. The lowest BCUT2D eigenvalue weighted by molar-refractivity contribution is -0.164. The maximum absolute atomic E-state index is 13.0. The first-order valence-electron chi connectivity index (χ1n) is 9.46. The lowest BCUT2D eigenvalue weighted by atomic mass is 9.86. The van der Waals surface area contributed by atoms with Crippen LogP contribution in [0, 0.1) is 5.82 Å². The summed E-state index contributed by atoms with van der Waals surface area (Å²) >= 11 is 0. The van der Waals surface area contributed by atoms with Gasteiger partial charge in [0, 0.05) is 0 Å². The minimum absolute atomic E-state index is 0.335. The zero-order chi connectivity index (χ0) is 21.6. The summed E-state index contributed by atoms with van der Waals surface area (Å²) in [6, 6.07) is 22.1. The van der Waals surface area contributed by atoms with E-state index >= 15 is 0 Å². The third kappa shape index (κ3) is 4.72. The largest absolute Gasteiger partial charge is 0.453 e. The van der Waals surface area contributed by atoms with Crippen molar-refractivity contribution >= 4 is 11.9 Å². The first-order valence-corrected chi connectivity index (χ1v) is 9.46. The van der Waals surface area contributed by atoms with Crippen LogP contribution >= 0.6 is 0 Å². The maximum atomic E-state index is 13.0. The second-order valence-electron chi connectivity index (χ2n) is 6.86. The molecular formula is C24H22FNO4. The predicted molar refractivity (Wildman–Crippen MR) is 110 cm³/mol. The van der Waals surface area contributed by atoms with Crippen molar-refractivity contribution < 1.29 is 23.8 Å². The second-order valence-corrected chi connectivity index (χ2v) is 6.86. The van der Waals surface area contributed by atoms with E-state index in [0.29, 0.717) is 16.7 Å². The molecule has 1 amide bonds. The van der Waals surface area contributed by atoms with E-state index in [-0.39, 0.29) is 5.82 Å². The number of amides is 1. The molecule has 0 heterocycles. The Morgan fingerprint density at radius 1 is 0.933 bits per heavy atom. The molecule has 3 rings (SSSR count). The van der Waals surface area contributed by atoms with Crippen LogP contribution in [0.2, 0.25) is 0 Å². The zero-order valence-corrected chi connectivity index (χ0v) is 16.4. The van der Waals surface area contributed by atoms with E-state index in [0.717, 1.165) is 0 Å². The highest BCUT2D eigenvalue weighted by Gasteiger charge is 2.41. The number of halogens is 1. The molecule has 3 aromatic carbocycles. The normalized spacial score (nSPS) is 12.1. The molecule has 0 saturated carbocycles. The van der Waals surface area contributed by atoms with Crippen LogP contribution in [-0.2, 0) is 19.9 Å². The van der Waals surface area contributed by atoms with Crippen LogP contribution in [0.5, 0.6) is 0 Å². The summed E-state index contributed by atoms with van der Waals surface area (Å²) in [6.45, 7) is 1.17. The van der Waals surface area contributed by atoms with E-state index in [2.05, 4.69) is 5.32 Å². The summed E-state index contributed by atoms with van der Waals surface area (Å²) in [4.78, 5) is 25.1. The third-order valence-corrected chi connectivity index (χ3v) is 4.76. The smallest absolute Gasteiger partial charge is 0.348 e. The number of hydrogen-bond donors (Lipinski definition) is 2. The fourth-order valence-corrected chi connectivity index (χ4v) is 3.11. The van der Waals surface area contributed by atoms with E-state index in [4.69, 9.17) is 4.74 Å². The Bertz CT molecular complexity index is 951. The highest BCUT2D eigenvalue weighted by molar-refractivity contribution is 5.88. The molecule has 0 aliphatic rings. The lowest BCUT2D eigenvalue weighted by Crippen LogP contribution is -2.40. The number of esters is 1. The molecule has 1 atom stereocenters. The number of carbonyl (C=O) groups excluding carboxylic acids is 2. The Morgan fingerprint density at radius 3 is 1.93 bits per heavy atom. The molecule has 0 bridgehead atoms. The molecule has 0 fully saturated rings. The minimum atomic E-state index is -2.05. The second kappa shape index (κ2) is 9.33. The van der Waals surface area contributed by atoms with E-state index in [1.54, 1.807) is 79.7 Å². The Hall–Kier alpha value is -3.51. The molecule has 0 aromatic heterocycles. The van der Waals surface area contributed by atoms with Crippen LogP contribution in [0.4, 0.5) is 4.39 Å². The van der Waals surface area contributed by atoms with Crippen molar-refractivity contribution in [2.24, 2.45) is 0 Å². The van der Waals surface area contributed by atoms with Gasteiger partial charge < -0.3 is 15.2 Å². The molecule has 6 heteroatoms. The molecule has 0 spiro atoms. The number of carbonyl (C=O) groups is 2. The van der Waals surface area contributed by atoms with Crippen LogP contribution < -0.4 is 5.32 Å². The molecule has 2 N–H and O–H groups in total. The SMILES string of the molecule is C[C@@H](NC(=O)COC(=O)C(O)(c1ccccc1)c1ccccc1)c1ccc(F)cc1. The topological polar surface area (TPSA) is 75.6 Å².